The smallest absolute Gasteiger partial charge is 0.265 e. The molecule has 0 atom stereocenters. The number of rotatable bonds is 2. The van der Waals surface area contributed by atoms with Gasteiger partial charge in [0.2, 0.25) is 0 Å². The molecule has 0 aromatic carbocycles. The molecule has 0 bridgehead atoms. The first-order valence-corrected chi connectivity index (χ1v) is 7.60. The highest BCUT2D eigenvalue weighted by molar-refractivity contribution is 9.10. The van der Waals surface area contributed by atoms with Gasteiger partial charge in [-0.1, -0.05) is 35.2 Å². The van der Waals surface area contributed by atoms with E-state index in [-0.39, 0.29) is 5.56 Å². The lowest BCUT2D eigenvalue weighted by molar-refractivity contribution is 0.345. The van der Waals surface area contributed by atoms with Crippen molar-refractivity contribution in [2.45, 2.75) is 43.5 Å². The molecule has 16 heavy (non-hydrogen) atoms. The highest BCUT2D eigenvalue weighted by Gasteiger charge is 2.17. The van der Waals surface area contributed by atoms with Gasteiger partial charge in [-0.15, -0.1) is 0 Å². The predicted molar refractivity (Wildman–Crippen MR) is 73.2 cm³/mol. The van der Waals surface area contributed by atoms with E-state index in [9.17, 15) is 4.79 Å². The third kappa shape index (κ3) is 2.59. The molecule has 1 aliphatic rings. The van der Waals surface area contributed by atoms with Gasteiger partial charge >= 0.3 is 0 Å². The van der Waals surface area contributed by atoms with Crippen LogP contribution in [0.5, 0.6) is 0 Å². The Kier molecular flexibility index (Phi) is 4.25. The van der Waals surface area contributed by atoms with Gasteiger partial charge in [0.05, 0.1) is 4.47 Å². The Hall–Kier alpha value is -0.0900. The minimum Gasteiger partial charge on any atom is -0.311 e. The van der Waals surface area contributed by atoms with Crippen LogP contribution in [0, 0.1) is 0 Å². The highest BCUT2D eigenvalue weighted by Crippen LogP contribution is 2.27. The van der Waals surface area contributed by atoms with E-state index in [4.69, 9.17) is 0 Å². The standard InChI is InChI=1S/C12H15Br2NO/c13-7-9-6-11(14)12(16)15(8-9)10-4-2-1-3-5-10/h6,8,10H,1-5,7H2. The summed E-state index contributed by atoms with van der Waals surface area (Å²) in [5, 5.41) is 0.790. The van der Waals surface area contributed by atoms with Crippen molar-refractivity contribution in [3.63, 3.8) is 0 Å². The molecule has 1 fully saturated rings. The zero-order valence-corrected chi connectivity index (χ0v) is 12.3. The van der Waals surface area contributed by atoms with Crippen LogP contribution in [0.2, 0.25) is 0 Å². The van der Waals surface area contributed by atoms with Crippen molar-refractivity contribution in [2.24, 2.45) is 0 Å². The van der Waals surface area contributed by atoms with Crippen molar-refractivity contribution in [2.75, 3.05) is 0 Å². The van der Waals surface area contributed by atoms with Gasteiger partial charge in [0.25, 0.3) is 5.56 Å². The molecular formula is C12H15Br2NO. The summed E-state index contributed by atoms with van der Waals surface area (Å²) in [5.74, 6) is 0. The number of hydrogen-bond acceptors (Lipinski definition) is 1. The van der Waals surface area contributed by atoms with E-state index in [0.717, 1.165) is 23.7 Å². The summed E-state index contributed by atoms with van der Waals surface area (Å²) in [7, 11) is 0. The molecule has 0 saturated heterocycles. The molecule has 4 heteroatoms. The van der Waals surface area contributed by atoms with Crippen molar-refractivity contribution in [3.8, 4) is 0 Å². The maximum Gasteiger partial charge on any atom is 0.265 e. The zero-order valence-electron chi connectivity index (χ0n) is 9.09. The Labute approximate surface area is 112 Å². The average molecular weight is 349 g/mol. The molecule has 0 aliphatic heterocycles. The van der Waals surface area contributed by atoms with Crippen LogP contribution in [0.15, 0.2) is 21.5 Å². The number of alkyl halides is 1. The van der Waals surface area contributed by atoms with Gasteiger partial charge in [0.1, 0.15) is 0 Å². The number of pyridine rings is 1. The fraction of sp³-hybridized carbons (Fsp3) is 0.583. The van der Waals surface area contributed by atoms with Crippen LogP contribution in [-0.4, -0.2) is 4.57 Å². The molecule has 0 unspecified atom stereocenters. The molecule has 0 radical (unpaired) electrons. The Morgan fingerprint density at radius 2 is 2.00 bits per heavy atom. The largest absolute Gasteiger partial charge is 0.311 e. The highest BCUT2D eigenvalue weighted by atomic mass is 79.9. The summed E-state index contributed by atoms with van der Waals surface area (Å²) < 4.78 is 2.59. The lowest BCUT2D eigenvalue weighted by atomic mass is 9.95. The normalized spacial score (nSPS) is 17.6. The molecular weight excluding hydrogens is 334 g/mol. The minimum atomic E-state index is 0.108. The molecule has 2 rings (SSSR count). The molecule has 2 nitrogen and oxygen atoms in total. The summed E-state index contributed by atoms with van der Waals surface area (Å²) >= 11 is 6.79. The Morgan fingerprint density at radius 1 is 1.31 bits per heavy atom. The molecule has 1 aromatic heterocycles. The second-order valence-corrected chi connectivity index (χ2v) is 5.75. The number of aromatic nitrogens is 1. The molecule has 1 aliphatic carbocycles. The molecule has 0 N–H and O–H groups in total. The first kappa shape index (κ1) is 12.4. The fourth-order valence-corrected chi connectivity index (χ4v) is 3.13. The predicted octanol–water partition coefficient (Wildman–Crippen LogP) is 4.01. The monoisotopic (exact) mass is 347 g/mol. The third-order valence-corrected chi connectivity index (χ3v) is 4.39. The van der Waals surface area contributed by atoms with Crippen LogP contribution in [-0.2, 0) is 5.33 Å². The first-order valence-electron chi connectivity index (χ1n) is 5.69. The summed E-state index contributed by atoms with van der Waals surface area (Å²) in [6.45, 7) is 0. The van der Waals surface area contributed by atoms with Crippen molar-refractivity contribution < 1.29 is 0 Å². The summed E-state index contributed by atoms with van der Waals surface area (Å²) in [6, 6.07) is 2.30. The van der Waals surface area contributed by atoms with Crippen molar-refractivity contribution >= 4 is 31.9 Å². The zero-order chi connectivity index (χ0) is 11.5. The molecule has 0 spiro atoms. The number of nitrogens with zero attached hydrogens (tertiary/aromatic N) is 1. The lowest BCUT2D eigenvalue weighted by Gasteiger charge is -2.24. The maximum absolute atomic E-state index is 12.0. The van der Waals surface area contributed by atoms with Gasteiger partial charge in [0.15, 0.2) is 0 Å². The Balaban J connectivity index is 2.37. The van der Waals surface area contributed by atoms with Crippen molar-refractivity contribution in [1.29, 1.82) is 0 Å². The van der Waals surface area contributed by atoms with Crippen LogP contribution < -0.4 is 5.56 Å². The first-order chi connectivity index (χ1) is 7.72. The van der Waals surface area contributed by atoms with E-state index >= 15 is 0 Å². The van der Waals surface area contributed by atoms with E-state index in [1.807, 2.05) is 16.8 Å². The minimum absolute atomic E-state index is 0.108. The van der Waals surface area contributed by atoms with E-state index < -0.39 is 0 Å². The quantitative estimate of drug-likeness (QED) is 0.740. The lowest BCUT2D eigenvalue weighted by Crippen LogP contribution is -2.26. The van der Waals surface area contributed by atoms with Crippen LogP contribution in [0.1, 0.15) is 43.7 Å². The van der Waals surface area contributed by atoms with Gasteiger partial charge in [-0.05, 0) is 40.4 Å². The maximum atomic E-state index is 12.0. The van der Waals surface area contributed by atoms with Crippen LogP contribution in [0.25, 0.3) is 0 Å². The number of halogens is 2. The van der Waals surface area contributed by atoms with E-state index in [1.54, 1.807) is 0 Å². The molecule has 0 amide bonds. The van der Waals surface area contributed by atoms with Gasteiger partial charge in [-0.3, -0.25) is 4.79 Å². The summed E-state index contributed by atoms with van der Waals surface area (Å²) in [6.07, 6.45) is 8.07. The van der Waals surface area contributed by atoms with Crippen molar-refractivity contribution in [1.82, 2.24) is 4.57 Å². The topological polar surface area (TPSA) is 22.0 Å². The van der Waals surface area contributed by atoms with Gasteiger partial charge in [0, 0.05) is 17.6 Å². The van der Waals surface area contributed by atoms with Crippen LogP contribution >= 0.6 is 31.9 Å². The SMILES string of the molecule is O=c1c(Br)cc(CBr)cn1C1CCCCC1. The van der Waals surface area contributed by atoms with Gasteiger partial charge in [-0.25, -0.2) is 0 Å². The van der Waals surface area contributed by atoms with Crippen LogP contribution in [0.3, 0.4) is 0 Å². The second kappa shape index (κ2) is 5.50. The van der Waals surface area contributed by atoms with Crippen LogP contribution in [0.4, 0.5) is 0 Å². The fourth-order valence-electron chi connectivity index (χ4n) is 2.33. The Morgan fingerprint density at radius 3 is 2.62 bits per heavy atom. The van der Waals surface area contributed by atoms with E-state index in [1.165, 1.54) is 19.3 Å². The number of hydrogen-bond donors (Lipinski definition) is 0. The van der Waals surface area contributed by atoms with E-state index in [2.05, 4.69) is 31.9 Å². The Bertz CT molecular complexity index is 422. The molecule has 1 saturated carbocycles. The molecule has 1 aromatic rings. The van der Waals surface area contributed by atoms with E-state index in [0.29, 0.717) is 10.5 Å². The molecule has 1 heterocycles. The summed E-state index contributed by atoms with van der Waals surface area (Å²) in [5.41, 5.74) is 1.26. The second-order valence-electron chi connectivity index (χ2n) is 4.33. The summed E-state index contributed by atoms with van der Waals surface area (Å²) in [4.78, 5) is 12.0. The van der Waals surface area contributed by atoms with Gasteiger partial charge in [-0.2, -0.15) is 0 Å². The van der Waals surface area contributed by atoms with Gasteiger partial charge < -0.3 is 4.57 Å². The third-order valence-electron chi connectivity index (χ3n) is 3.18. The average Bonchev–Trinajstić information content (AvgIpc) is 2.33. The van der Waals surface area contributed by atoms with Crippen molar-refractivity contribution in [3.05, 3.63) is 32.7 Å². The molecule has 88 valence electrons.